The van der Waals surface area contributed by atoms with Crippen LogP contribution in [0.25, 0.3) is 0 Å². The molecule has 11 heteroatoms. The molecule has 4 amide bonds. The fraction of sp³-hybridized carbons (Fsp3) is 0.250. The lowest BCUT2D eigenvalue weighted by Gasteiger charge is -2.25. The lowest BCUT2D eigenvalue weighted by Crippen LogP contribution is -2.49. The minimum atomic E-state index is -1.22. The van der Waals surface area contributed by atoms with Crippen molar-refractivity contribution >= 4 is 46.1 Å². The summed E-state index contributed by atoms with van der Waals surface area (Å²) in [6.45, 7) is 0.754. The Labute approximate surface area is 238 Å². The third kappa shape index (κ3) is 7.31. The molecule has 0 unspecified atom stereocenters. The highest BCUT2D eigenvalue weighted by molar-refractivity contribution is 14.1. The number of carbonyl (C=O) groups excluding carboxylic acids is 3. The molecule has 2 atom stereocenters. The van der Waals surface area contributed by atoms with E-state index in [-0.39, 0.29) is 31.9 Å². The van der Waals surface area contributed by atoms with Crippen molar-refractivity contribution in [3.63, 3.8) is 0 Å². The van der Waals surface area contributed by atoms with Crippen molar-refractivity contribution in [2.75, 3.05) is 31.7 Å². The molecule has 1 saturated heterocycles. The molecule has 1 heterocycles. The number of halogens is 2. The Morgan fingerprint density at radius 1 is 1.05 bits per heavy atom. The summed E-state index contributed by atoms with van der Waals surface area (Å²) in [7, 11) is 0. The van der Waals surface area contributed by atoms with Crippen LogP contribution >= 0.6 is 22.6 Å². The summed E-state index contributed by atoms with van der Waals surface area (Å²) in [5.41, 5.74) is 1.20. The number of nitrogens with one attached hydrogen (secondary N) is 2. The Morgan fingerprint density at radius 2 is 1.79 bits per heavy atom. The number of ether oxygens (including phenoxy) is 2. The van der Waals surface area contributed by atoms with E-state index in [1.807, 2.05) is 28.7 Å². The van der Waals surface area contributed by atoms with Gasteiger partial charge in [-0.15, -0.1) is 0 Å². The first-order valence-electron chi connectivity index (χ1n) is 12.2. The van der Waals surface area contributed by atoms with E-state index in [4.69, 9.17) is 14.6 Å². The normalized spacial score (nSPS) is 15.7. The summed E-state index contributed by atoms with van der Waals surface area (Å²) in [4.78, 5) is 40.8. The van der Waals surface area contributed by atoms with Crippen molar-refractivity contribution in [2.24, 2.45) is 0 Å². The predicted octanol–water partition coefficient (Wildman–Crippen LogP) is 3.66. The van der Waals surface area contributed by atoms with E-state index in [0.29, 0.717) is 21.5 Å². The molecule has 39 heavy (non-hydrogen) atoms. The molecule has 0 radical (unpaired) electrons. The first-order chi connectivity index (χ1) is 18.9. The minimum absolute atomic E-state index is 0.0422. The molecule has 204 valence electrons. The van der Waals surface area contributed by atoms with E-state index in [1.165, 1.54) is 12.1 Å². The zero-order chi connectivity index (χ0) is 27.8. The largest absolute Gasteiger partial charge is 0.491 e. The number of imide groups is 1. The number of aliphatic hydroxyl groups is 1. The van der Waals surface area contributed by atoms with Gasteiger partial charge >= 0.3 is 6.03 Å². The number of hydrogen-bond donors (Lipinski definition) is 3. The molecule has 3 aromatic carbocycles. The first kappa shape index (κ1) is 28.5. The van der Waals surface area contributed by atoms with Crippen LogP contribution in [0.3, 0.4) is 0 Å². The number of anilines is 1. The molecule has 1 fully saturated rings. The van der Waals surface area contributed by atoms with E-state index < -0.39 is 35.7 Å². The van der Waals surface area contributed by atoms with Crippen molar-refractivity contribution < 1.29 is 33.4 Å². The second kappa shape index (κ2) is 13.5. The maximum Gasteiger partial charge on any atom is 0.325 e. The van der Waals surface area contributed by atoms with Gasteiger partial charge in [-0.3, -0.25) is 9.59 Å². The average molecular weight is 647 g/mol. The monoisotopic (exact) mass is 647 g/mol. The molecule has 0 bridgehead atoms. The summed E-state index contributed by atoms with van der Waals surface area (Å²) in [5, 5.41) is 13.9. The van der Waals surface area contributed by atoms with E-state index in [2.05, 4.69) is 10.6 Å². The number of nitrogens with zero attached hydrogens (tertiary/aromatic N) is 1. The average Bonchev–Trinajstić information content (AvgIpc) is 3.23. The van der Waals surface area contributed by atoms with Gasteiger partial charge in [-0.25, -0.2) is 14.1 Å². The van der Waals surface area contributed by atoms with E-state index in [9.17, 15) is 18.8 Å². The number of carbonyl (C=O) groups is 3. The number of urea groups is 1. The van der Waals surface area contributed by atoms with Gasteiger partial charge in [0.15, 0.2) is 0 Å². The highest BCUT2D eigenvalue weighted by atomic mass is 127. The third-order valence-electron chi connectivity index (χ3n) is 5.99. The zero-order valence-corrected chi connectivity index (χ0v) is 23.0. The molecule has 4 rings (SSSR count). The topological polar surface area (TPSA) is 117 Å². The minimum Gasteiger partial charge on any atom is -0.491 e. The van der Waals surface area contributed by atoms with Crippen LogP contribution in [0.2, 0.25) is 0 Å². The van der Waals surface area contributed by atoms with Crippen molar-refractivity contribution in [3.05, 3.63) is 93.3 Å². The second-order valence-electron chi connectivity index (χ2n) is 8.66. The quantitative estimate of drug-likeness (QED) is 0.157. The number of amides is 4. The highest BCUT2D eigenvalue weighted by Crippen LogP contribution is 2.27. The smallest absolute Gasteiger partial charge is 0.325 e. The zero-order valence-electron chi connectivity index (χ0n) is 20.8. The Bertz CT molecular complexity index is 1310. The van der Waals surface area contributed by atoms with E-state index >= 15 is 0 Å². The summed E-state index contributed by atoms with van der Waals surface area (Å²) in [6, 6.07) is 17.0. The van der Waals surface area contributed by atoms with Crippen LogP contribution < -0.4 is 15.4 Å². The van der Waals surface area contributed by atoms with Crippen LogP contribution in [0.15, 0.2) is 72.8 Å². The number of rotatable bonds is 12. The fourth-order valence-corrected chi connectivity index (χ4v) is 4.56. The second-order valence-corrected chi connectivity index (χ2v) is 9.91. The first-order valence-corrected chi connectivity index (χ1v) is 13.3. The van der Waals surface area contributed by atoms with E-state index in [1.54, 1.807) is 54.6 Å². The molecule has 1 aliphatic rings. The molecular weight excluding hydrogens is 620 g/mol. The Hall–Kier alpha value is -3.55. The summed E-state index contributed by atoms with van der Waals surface area (Å²) in [5.74, 6) is -1.35. The summed E-state index contributed by atoms with van der Waals surface area (Å²) < 4.78 is 25.9. The molecule has 1 aliphatic heterocycles. The lowest BCUT2D eigenvalue weighted by atomic mass is 10.0. The SMILES string of the molecule is O=C(Nc1ccc(I)cc1F)[C@H](Cc1ccccc1)N1C(=O)N[C@H](c2ccc(OCCOCCO)cc2)C1=O. The Kier molecular flexibility index (Phi) is 9.85. The van der Waals surface area contributed by atoms with E-state index in [0.717, 1.165) is 10.5 Å². The van der Waals surface area contributed by atoms with Gasteiger partial charge in [-0.1, -0.05) is 42.5 Å². The lowest BCUT2D eigenvalue weighted by molar-refractivity contribution is -0.134. The molecule has 3 N–H and O–H groups in total. The number of benzene rings is 3. The standard InChI is InChI=1S/C28H27FIN3O6/c29-22-17-20(30)8-11-23(22)31-26(35)24(16-18-4-2-1-3-5-18)33-27(36)25(32-28(33)37)19-6-9-21(10-7-19)39-15-14-38-13-12-34/h1-11,17,24-25,34H,12-16H2,(H,31,35)(H,32,37)/t24-,25+/m0/s1. The molecule has 0 aliphatic carbocycles. The van der Waals surface area contributed by atoms with Gasteiger partial charge in [0.1, 0.15) is 30.3 Å². The van der Waals surface area contributed by atoms with Crippen LogP contribution in [0, 0.1) is 9.39 Å². The van der Waals surface area contributed by atoms with Gasteiger partial charge < -0.3 is 25.2 Å². The predicted molar refractivity (Wildman–Crippen MR) is 150 cm³/mol. The van der Waals surface area contributed by atoms with Gasteiger partial charge in [-0.2, -0.15) is 0 Å². The van der Waals surface area contributed by atoms with Gasteiger partial charge in [0.2, 0.25) is 5.91 Å². The van der Waals surface area contributed by atoms with Crippen LogP contribution in [0.1, 0.15) is 17.2 Å². The van der Waals surface area contributed by atoms with Crippen LogP contribution in [-0.2, 0) is 20.7 Å². The third-order valence-corrected chi connectivity index (χ3v) is 6.66. The maximum absolute atomic E-state index is 14.5. The summed E-state index contributed by atoms with van der Waals surface area (Å²) >= 11 is 1.96. The van der Waals surface area contributed by atoms with Crippen LogP contribution in [-0.4, -0.2) is 60.3 Å². The van der Waals surface area contributed by atoms with Gasteiger partial charge in [0, 0.05) is 9.99 Å². The maximum atomic E-state index is 14.5. The Balaban J connectivity index is 1.51. The highest BCUT2D eigenvalue weighted by Gasteiger charge is 2.45. The molecule has 0 aromatic heterocycles. The molecule has 9 nitrogen and oxygen atoms in total. The van der Waals surface area contributed by atoms with Crippen molar-refractivity contribution in [1.29, 1.82) is 0 Å². The van der Waals surface area contributed by atoms with Crippen LogP contribution in [0.4, 0.5) is 14.9 Å². The van der Waals surface area contributed by atoms with Gasteiger partial charge in [-0.05, 0) is 64.0 Å². The van der Waals surface area contributed by atoms with Crippen molar-refractivity contribution in [1.82, 2.24) is 10.2 Å². The number of hydrogen-bond acceptors (Lipinski definition) is 6. The molecule has 0 saturated carbocycles. The van der Waals surface area contributed by atoms with Crippen molar-refractivity contribution in [2.45, 2.75) is 18.5 Å². The van der Waals surface area contributed by atoms with Gasteiger partial charge in [0.05, 0.1) is 25.5 Å². The number of aliphatic hydroxyl groups excluding tert-OH is 1. The Morgan fingerprint density at radius 3 is 2.49 bits per heavy atom. The van der Waals surface area contributed by atoms with Gasteiger partial charge in [0.25, 0.3) is 5.91 Å². The van der Waals surface area contributed by atoms with Crippen LogP contribution in [0.5, 0.6) is 5.75 Å². The van der Waals surface area contributed by atoms with Crippen molar-refractivity contribution in [3.8, 4) is 5.75 Å². The molecular formula is C28H27FIN3O6. The molecule has 0 spiro atoms. The summed E-state index contributed by atoms with van der Waals surface area (Å²) in [6.07, 6.45) is 0.0513. The fourth-order valence-electron chi connectivity index (χ4n) is 4.10. The molecule has 3 aromatic rings.